The summed E-state index contributed by atoms with van der Waals surface area (Å²) in [4.78, 5) is 56.2. The highest BCUT2D eigenvalue weighted by Crippen LogP contribution is 2.08. The first kappa shape index (κ1) is 22.8. The molecule has 0 radical (unpaired) electrons. The largest absolute Gasteiger partial charge is 0.480 e. The van der Waals surface area contributed by atoms with Crippen molar-refractivity contribution in [2.24, 2.45) is 5.73 Å². The van der Waals surface area contributed by atoms with E-state index in [0.29, 0.717) is 11.8 Å². The normalized spacial score (nSPS) is 12.7. The summed E-state index contributed by atoms with van der Waals surface area (Å²) in [6.45, 7) is -1.02. The Morgan fingerprint density at radius 1 is 1.08 bits per heavy atom. The molecule has 11 nitrogen and oxygen atoms in total. The van der Waals surface area contributed by atoms with E-state index in [1.165, 1.54) is 0 Å². The predicted octanol–water partition coefficient (Wildman–Crippen LogP) is -2.49. The van der Waals surface area contributed by atoms with Gasteiger partial charge >= 0.3 is 11.9 Å². The smallest absolute Gasteiger partial charge is 0.322 e. The summed E-state index contributed by atoms with van der Waals surface area (Å²) in [7, 11) is 0. The highest BCUT2D eigenvalue weighted by Gasteiger charge is 2.23. The molecule has 2 amide bonds. The Balaban J connectivity index is 4.66. The first-order valence-corrected chi connectivity index (χ1v) is 8.19. The molecule has 0 aliphatic heterocycles. The average Bonchev–Trinajstić information content (AvgIpc) is 2.54. The Hall–Kier alpha value is -2.18. The second-order valence-corrected chi connectivity index (χ2v) is 5.95. The summed E-state index contributed by atoms with van der Waals surface area (Å²) in [5, 5.41) is 29.8. The van der Waals surface area contributed by atoms with E-state index in [4.69, 9.17) is 21.1 Å². The van der Waals surface area contributed by atoms with Crippen LogP contribution in [0.1, 0.15) is 19.3 Å². The summed E-state index contributed by atoms with van der Waals surface area (Å²) in [6, 6.07) is -2.42. The van der Waals surface area contributed by atoms with Gasteiger partial charge in [0.1, 0.15) is 18.6 Å². The minimum absolute atomic E-state index is 0.129. The number of carboxylic acid groups (broad SMARTS) is 2. The van der Waals surface area contributed by atoms with Crippen molar-refractivity contribution in [3.8, 4) is 0 Å². The monoisotopic (exact) mass is 379 g/mol. The van der Waals surface area contributed by atoms with E-state index >= 15 is 0 Å². The molecule has 0 saturated carbocycles. The molecule has 7 N–H and O–H groups in total. The molecule has 0 rings (SSSR count). The molecule has 0 aromatic carbocycles. The number of thioether (sulfide) groups is 1. The van der Waals surface area contributed by atoms with Gasteiger partial charge in [0.2, 0.25) is 11.8 Å². The molecular formula is C13H21N3O8S. The maximum atomic E-state index is 11.9. The van der Waals surface area contributed by atoms with Crippen LogP contribution in [0.25, 0.3) is 0 Å². The van der Waals surface area contributed by atoms with E-state index < -0.39 is 47.5 Å². The lowest BCUT2D eigenvalue weighted by atomic mass is 10.1. The van der Waals surface area contributed by atoms with E-state index in [2.05, 4.69) is 10.6 Å². The number of aliphatic carboxylic acids is 2. The summed E-state index contributed by atoms with van der Waals surface area (Å²) in [5.41, 5.74) is 5.27. The average molecular weight is 379 g/mol. The van der Waals surface area contributed by atoms with Gasteiger partial charge in [-0.15, -0.1) is 0 Å². The minimum atomic E-state index is -1.28. The fourth-order valence-corrected chi connectivity index (χ4v) is 2.31. The van der Waals surface area contributed by atoms with Crippen molar-refractivity contribution in [3.05, 3.63) is 0 Å². The highest BCUT2D eigenvalue weighted by atomic mass is 32.2. The Bertz CT molecular complexity index is 514. The molecule has 0 unspecified atom stereocenters. The number of amides is 2. The van der Waals surface area contributed by atoms with Crippen molar-refractivity contribution in [3.63, 3.8) is 0 Å². The third-order valence-corrected chi connectivity index (χ3v) is 3.82. The lowest BCUT2D eigenvalue weighted by Gasteiger charge is -2.17. The lowest BCUT2D eigenvalue weighted by molar-refractivity contribution is -0.139. The van der Waals surface area contributed by atoms with Gasteiger partial charge in [-0.25, -0.2) is 0 Å². The van der Waals surface area contributed by atoms with E-state index in [9.17, 15) is 24.0 Å². The standard InChI is InChI=1S/C13H21N3O8S/c14-7(13(23)24)1-2-9(18)16-8(6-25-11(21)3-4-17)12(22)15-5-10(19)20/h7-8,17H,1-6,14H2,(H,15,22)(H,16,18)(H,19,20)(H,23,24)/t7-,8-/m0/s1. The number of carbonyl (C=O) groups is 5. The first-order valence-electron chi connectivity index (χ1n) is 7.21. The Labute approximate surface area is 147 Å². The van der Waals surface area contributed by atoms with Crippen LogP contribution >= 0.6 is 11.8 Å². The van der Waals surface area contributed by atoms with Crippen molar-refractivity contribution < 1.29 is 39.3 Å². The molecule has 0 fully saturated rings. The summed E-state index contributed by atoms with van der Waals surface area (Å²) in [6.07, 6.45) is -0.539. The molecule has 0 aromatic rings. The number of aliphatic hydroxyl groups is 1. The van der Waals surface area contributed by atoms with Crippen LogP contribution in [0.2, 0.25) is 0 Å². The molecular weight excluding hydrogens is 358 g/mol. The van der Waals surface area contributed by atoms with Gasteiger partial charge < -0.3 is 31.7 Å². The minimum Gasteiger partial charge on any atom is -0.480 e. The van der Waals surface area contributed by atoms with Gasteiger partial charge in [-0.1, -0.05) is 11.8 Å². The zero-order chi connectivity index (χ0) is 19.4. The van der Waals surface area contributed by atoms with Crippen LogP contribution < -0.4 is 16.4 Å². The second-order valence-electron chi connectivity index (χ2n) is 4.87. The molecule has 0 spiro atoms. The van der Waals surface area contributed by atoms with Crippen molar-refractivity contribution >= 4 is 40.6 Å². The maximum absolute atomic E-state index is 11.9. The quantitative estimate of drug-likeness (QED) is 0.211. The Morgan fingerprint density at radius 3 is 2.24 bits per heavy atom. The maximum Gasteiger partial charge on any atom is 0.322 e. The van der Waals surface area contributed by atoms with Gasteiger partial charge in [0.05, 0.1) is 6.61 Å². The van der Waals surface area contributed by atoms with Crippen LogP contribution in [-0.2, 0) is 24.0 Å². The zero-order valence-corrected chi connectivity index (χ0v) is 14.1. The molecule has 0 aliphatic rings. The predicted molar refractivity (Wildman–Crippen MR) is 86.6 cm³/mol. The van der Waals surface area contributed by atoms with Crippen molar-refractivity contribution in [1.29, 1.82) is 0 Å². The third kappa shape index (κ3) is 11.1. The van der Waals surface area contributed by atoms with E-state index in [-0.39, 0.29) is 31.6 Å². The van der Waals surface area contributed by atoms with Crippen LogP contribution in [0.15, 0.2) is 0 Å². The number of rotatable bonds is 12. The number of aliphatic hydroxyl groups excluding tert-OH is 1. The highest BCUT2D eigenvalue weighted by molar-refractivity contribution is 8.13. The molecule has 142 valence electrons. The summed E-state index contributed by atoms with van der Waals surface area (Å²) >= 11 is 0.702. The number of carboxylic acids is 2. The Kier molecular flexibility index (Phi) is 11.2. The van der Waals surface area contributed by atoms with Crippen molar-refractivity contribution in [1.82, 2.24) is 10.6 Å². The van der Waals surface area contributed by atoms with Crippen LogP contribution in [0.4, 0.5) is 0 Å². The SMILES string of the molecule is N[C@@H](CCC(=O)N[C@@H](CSC(=O)CCO)C(=O)NCC(=O)O)C(=O)O. The van der Waals surface area contributed by atoms with Gasteiger partial charge in [0, 0.05) is 18.6 Å². The topological polar surface area (TPSA) is 196 Å². The van der Waals surface area contributed by atoms with Crippen LogP contribution in [0.5, 0.6) is 0 Å². The van der Waals surface area contributed by atoms with Gasteiger partial charge in [0.25, 0.3) is 0 Å². The van der Waals surface area contributed by atoms with Crippen LogP contribution in [-0.4, -0.2) is 75.2 Å². The number of hydrogen-bond acceptors (Lipinski definition) is 8. The molecule has 0 aliphatic carbocycles. The zero-order valence-electron chi connectivity index (χ0n) is 13.3. The second kappa shape index (κ2) is 12.2. The van der Waals surface area contributed by atoms with Gasteiger partial charge in [-0.3, -0.25) is 24.0 Å². The van der Waals surface area contributed by atoms with E-state index in [1.54, 1.807) is 0 Å². The van der Waals surface area contributed by atoms with E-state index in [0.717, 1.165) is 0 Å². The van der Waals surface area contributed by atoms with E-state index in [1.807, 2.05) is 0 Å². The number of nitrogens with one attached hydrogen (secondary N) is 2. The van der Waals surface area contributed by atoms with Gasteiger partial charge in [0.15, 0.2) is 5.12 Å². The fourth-order valence-electron chi connectivity index (χ4n) is 1.49. The van der Waals surface area contributed by atoms with Gasteiger partial charge in [-0.2, -0.15) is 0 Å². The third-order valence-electron chi connectivity index (χ3n) is 2.79. The molecule has 2 atom stereocenters. The Morgan fingerprint density at radius 2 is 1.72 bits per heavy atom. The summed E-state index contributed by atoms with van der Waals surface area (Å²) < 4.78 is 0. The lowest BCUT2D eigenvalue weighted by Crippen LogP contribution is -2.49. The van der Waals surface area contributed by atoms with Crippen molar-refractivity contribution in [2.45, 2.75) is 31.3 Å². The number of nitrogens with two attached hydrogens (primary N) is 1. The molecule has 0 bridgehead atoms. The van der Waals surface area contributed by atoms with Crippen LogP contribution in [0.3, 0.4) is 0 Å². The molecule has 25 heavy (non-hydrogen) atoms. The molecule has 0 aromatic heterocycles. The number of hydrogen-bond donors (Lipinski definition) is 6. The summed E-state index contributed by atoms with van der Waals surface area (Å²) in [5.74, 6) is -4.19. The molecule has 0 heterocycles. The number of carbonyl (C=O) groups excluding carboxylic acids is 3. The first-order chi connectivity index (χ1) is 11.7. The van der Waals surface area contributed by atoms with Crippen molar-refractivity contribution in [2.75, 3.05) is 18.9 Å². The molecule has 0 saturated heterocycles. The fraction of sp³-hybridized carbons (Fsp3) is 0.615. The van der Waals surface area contributed by atoms with Crippen LogP contribution in [0, 0.1) is 0 Å². The molecule has 12 heteroatoms. The van der Waals surface area contributed by atoms with Gasteiger partial charge in [-0.05, 0) is 6.42 Å².